The molecule has 2 nitrogen and oxygen atoms in total. The normalized spacial score (nSPS) is 14.0. The van der Waals surface area contributed by atoms with Crippen molar-refractivity contribution in [2.24, 2.45) is 0 Å². The Morgan fingerprint density at radius 2 is 2.00 bits per heavy atom. The fourth-order valence-corrected chi connectivity index (χ4v) is 1.79. The summed E-state index contributed by atoms with van der Waals surface area (Å²) in [4.78, 5) is 0. The molecular formula is C14H17F2NO. The molecule has 0 amide bonds. The van der Waals surface area contributed by atoms with Gasteiger partial charge in [-0.15, -0.1) is 12.3 Å². The van der Waals surface area contributed by atoms with E-state index in [-0.39, 0.29) is 17.8 Å². The molecule has 0 radical (unpaired) electrons. The van der Waals surface area contributed by atoms with Crippen molar-refractivity contribution in [2.45, 2.75) is 39.0 Å². The SMILES string of the molecule is C#CCC(C)NC(C)c1ccccc1OC(F)F. The van der Waals surface area contributed by atoms with Gasteiger partial charge in [-0.3, -0.25) is 0 Å². The quantitative estimate of drug-likeness (QED) is 0.785. The lowest BCUT2D eigenvalue weighted by Crippen LogP contribution is -2.28. The Kier molecular flexibility index (Phi) is 5.60. The minimum atomic E-state index is -2.82. The van der Waals surface area contributed by atoms with E-state index in [2.05, 4.69) is 16.0 Å². The number of benzene rings is 1. The Hall–Kier alpha value is -1.60. The lowest BCUT2D eigenvalue weighted by atomic mass is 10.1. The Balaban J connectivity index is 2.78. The molecule has 0 saturated heterocycles. The summed E-state index contributed by atoms with van der Waals surface area (Å²) in [7, 11) is 0. The second kappa shape index (κ2) is 6.97. The standard InChI is InChI=1S/C14H17F2NO/c1-4-7-10(2)17-11(3)12-8-5-6-9-13(12)18-14(15)16/h1,5-6,8-11,14,17H,7H2,2-3H3. The molecule has 0 bridgehead atoms. The van der Waals surface area contributed by atoms with Gasteiger partial charge < -0.3 is 10.1 Å². The Morgan fingerprint density at radius 3 is 2.61 bits per heavy atom. The smallest absolute Gasteiger partial charge is 0.387 e. The third kappa shape index (κ3) is 4.34. The van der Waals surface area contributed by atoms with Crippen LogP contribution < -0.4 is 10.1 Å². The van der Waals surface area contributed by atoms with Crippen LogP contribution in [0.5, 0.6) is 5.75 Å². The summed E-state index contributed by atoms with van der Waals surface area (Å²) >= 11 is 0. The van der Waals surface area contributed by atoms with E-state index >= 15 is 0 Å². The van der Waals surface area contributed by atoms with Crippen LogP contribution in [-0.2, 0) is 0 Å². The van der Waals surface area contributed by atoms with Crippen molar-refractivity contribution in [3.05, 3.63) is 29.8 Å². The highest BCUT2D eigenvalue weighted by atomic mass is 19.3. The molecule has 2 atom stereocenters. The second-order valence-corrected chi connectivity index (χ2v) is 4.11. The molecule has 1 aromatic carbocycles. The van der Waals surface area contributed by atoms with E-state index in [1.807, 2.05) is 13.8 Å². The highest BCUT2D eigenvalue weighted by Crippen LogP contribution is 2.26. The molecule has 1 rings (SSSR count). The predicted octanol–water partition coefficient (Wildman–Crippen LogP) is 3.35. The third-order valence-electron chi connectivity index (χ3n) is 2.56. The van der Waals surface area contributed by atoms with Crippen LogP contribution in [-0.4, -0.2) is 12.7 Å². The largest absolute Gasteiger partial charge is 0.434 e. The van der Waals surface area contributed by atoms with Crippen LogP contribution in [0.1, 0.15) is 31.9 Å². The van der Waals surface area contributed by atoms with Gasteiger partial charge in [0.2, 0.25) is 0 Å². The summed E-state index contributed by atoms with van der Waals surface area (Å²) in [6, 6.07) is 6.76. The molecule has 0 saturated carbocycles. The molecule has 98 valence electrons. The fraction of sp³-hybridized carbons (Fsp3) is 0.429. The Bertz CT molecular complexity index is 415. The van der Waals surface area contributed by atoms with Gasteiger partial charge in [0.25, 0.3) is 0 Å². The van der Waals surface area contributed by atoms with Gasteiger partial charge in [-0.05, 0) is 19.9 Å². The molecule has 0 spiro atoms. The summed E-state index contributed by atoms with van der Waals surface area (Å²) in [6.07, 6.45) is 5.81. The third-order valence-corrected chi connectivity index (χ3v) is 2.56. The van der Waals surface area contributed by atoms with Crippen LogP contribution in [0.4, 0.5) is 8.78 Å². The van der Waals surface area contributed by atoms with E-state index in [0.717, 1.165) is 0 Å². The molecule has 0 aliphatic carbocycles. The molecule has 0 aromatic heterocycles. The summed E-state index contributed by atoms with van der Waals surface area (Å²) < 4.78 is 29.1. The van der Waals surface area contributed by atoms with Gasteiger partial charge in [0.15, 0.2) is 0 Å². The number of hydrogen-bond acceptors (Lipinski definition) is 2. The van der Waals surface area contributed by atoms with E-state index in [0.29, 0.717) is 12.0 Å². The van der Waals surface area contributed by atoms with Crippen LogP contribution in [0.25, 0.3) is 0 Å². The van der Waals surface area contributed by atoms with E-state index in [9.17, 15) is 8.78 Å². The first-order chi connectivity index (χ1) is 8.54. The topological polar surface area (TPSA) is 21.3 Å². The second-order valence-electron chi connectivity index (χ2n) is 4.11. The van der Waals surface area contributed by atoms with Crippen molar-refractivity contribution in [3.63, 3.8) is 0 Å². The van der Waals surface area contributed by atoms with Gasteiger partial charge in [-0.1, -0.05) is 18.2 Å². The first-order valence-electron chi connectivity index (χ1n) is 5.77. The zero-order valence-electron chi connectivity index (χ0n) is 10.5. The number of para-hydroxylation sites is 1. The zero-order chi connectivity index (χ0) is 13.5. The number of halogens is 2. The van der Waals surface area contributed by atoms with E-state index in [1.165, 1.54) is 6.07 Å². The van der Waals surface area contributed by atoms with Gasteiger partial charge in [0.05, 0.1) is 0 Å². The molecule has 0 fully saturated rings. The van der Waals surface area contributed by atoms with Crippen molar-refractivity contribution in [2.75, 3.05) is 0 Å². The minimum Gasteiger partial charge on any atom is -0.434 e. The summed E-state index contributed by atoms with van der Waals surface area (Å²) in [5.41, 5.74) is 0.696. The van der Waals surface area contributed by atoms with Crippen molar-refractivity contribution < 1.29 is 13.5 Å². The monoisotopic (exact) mass is 253 g/mol. The predicted molar refractivity (Wildman–Crippen MR) is 67.5 cm³/mol. The highest BCUT2D eigenvalue weighted by Gasteiger charge is 2.15. The van der Waals surface area contributed by atoms with Crippen LogP contribution in [0, 0.1) is 12.3 Å². The van der Waals surface area contributed by atoms with Crippen LogP contribution in [0.15, 0.2) is 24.3 Å². The summed E-state index contributed by atoms with van der Waals surface area (Å²) in [6.45, 7) is 1.02. The average molecular weight is 253 g/mol. The lowest BCUT2D eigenvalue weighted by Gasteiger charge is -2.21. The molecule has 4 heteroatoms. The molecule has 0 heterocycles. The highest BCUT2D eigenvalue weighted by molar-refractivity contribution is 5.35. The fourth-order valence-electron chi connectivity index (χ4n) is 1.79. The number of terminal acetylenes is 1. The molecule has 2 unspecified atom stereocenters. The molecule has 1 N–H and O–H groups in total. The van der Waals surface area contributed by atoms with Crippen LogP contribution in [0.2, 0.25) is 0 Å². The van der Waals surface area contributed by atoms with Crippen molar-refractivity contribution >= 4 is 0 Å². The first kappa shape index (κ1) is 14.5. The molecule has 0 aliphatic rings. The lowest BCUT2D eigenvalue weighted by molar-refractivity contribution is -0.0506. The van der Waals surface area contributed by atoms with Crippen molar-refractivity contribution in [3.8, 4) is 18.1 Å². The van der Waals surface area contributed by atoms with Gasteiger partial charge in [-0.2, -0.15) is 8.78 Å². The number of nitrogens with one attached hydrogen (secondary N) is 1. The van der Waals surface area contributed by atoms with Crippen molar-refractivity contribution in [1.82, 2.24) is 5.32 Å². The number of rotatable bonds is 6. The molecular weight excluding hydrogens is 236 g/mol. The van der Waals surface area contributed by atoms with E-state index < -0.39 is 6.61 Å². The summed E-state index contributed by atoms with van der Waals surface area (Å²) in [5, 5.41) is 3.24. The van der Waals surface area contributed by atoms with Gasteiger partial charge in [0.1, 0.15) is 5.75 Å². The van der Waals surface area contributed by atoms with E-state index in [1.54, 1.807) is 18.2 Å². The molecule has 18 heavy (non-hydrogen) atoms. The van der Waals surface area contributed by atoms with Gasteiger partial charge >= 0.3 is 6.61 Å². The maximum atomic E-state index is 12.3. The summed E-state index contributed by atoms with van der Waals surface area (Å²) in [5.74, 6) is 2.75. The van der Waals surface area contributed by atoms with Crippen LogP contribution >= 0.6 is 0 Å². The Morgan fingerprint density at radius 1 is 1.33 bits per heavy atom. The maximum Gasteiger partial charge on any atom is 0.387 e. The number of hydrogen-bond donors (Lipinski definition) is 1. The van der Waals surface area contributed by atoms with Crippen LogP contribution in [0.3, 0.4) is 0 Å². The average Bonchev–Trinajstić information content (AvgIpc) is 2.28. The Labute approximate surface area is 106 Å². The zero-order valence-corrected chi connectivity index (χ0v) is 10.5. The number of ether oxygens (including phenoxy) is 1. The van der Waals surface area contributed by atoms with Crippen molar-refractivity contribution in [1.29, 1.82) is 0 Å². The molecule has 1 aromatic rings. The number of alkyl halides is 2. The first-order valence-corrected chi connectivity index (χ1v) is 5.77. The molecule has 0 aliphatic heterocycles. The van der Waals surface area contributed by atoms with E-state index in [4.69, 9.17) is 6.42 Å². The maximum absolute atomic E-state index is 12.3. The minimum absolute atomic E-state index is 0.108. The van der Waals surface area contributed by atoms with Gasteiger partial charge in [0, 0.05) is 24.1 Å². The van der Waals surface area contributed by atoms with Gasteiger partial charge in [-0.25, -0.2) is 0 Å².